The molecule has 86 valence electrons. The summed E-state index contributed by atoms with van der Waals surface area (Å²) in [6.45, 7) is 6.10. The predicted octanol–water partition coefficient (Wildman–Crippen LogP) is 1.58. The first-order chi connectivity index (χ1) is 7.74. The van der Waals surface area contributed by atoms with Gasteiger partial charge >= 0.3 is 0 Å². The number of hydrogen-bond donors (Lipinski definition) is 0. The van der Waals surface area contributed by atoms with Crippen molar-refractivity contribution >= 4 is 5.95 Å². The lowest BCUT2D eigenvalue weighted by Gasteiger charge is -2.26. The fourth-order valence-corrected chi connectivity index (χ4v) is 2.42. The van der Waals surface area contributed by atoms with Crippen LogP contribution in [0, 0.1) is 0 Å². The van der Waals surface area contributed by atoms with E-state index in [1.807, 2.05) is 12.4 Å². The van der Waals surface area contributed by atoms with Crippen LogP contribution in [0.25, 0.3) is 0 Å². The van der Waals surface area contributed by atoms with Crippen LogP contribution in [0.5, 0.6) is 0 Å². The van der Waals surface area contributed by atoms with E-state index in [0.29, 0.717) is 18.1 Å². The Balaban J connectivity index is 1.80. The fourth-order valence-electron chi connectivity index (χ4n) is 2.42. The molecule has 2 atom stereocenters. The predicted molar refractivity (Wildman–Crippen MR) is 61.6 cm³/mol. The smallest absolute Gasteiger partial charge is 0.225 e. The lowest BCUT2D eigenvalue weighted by molar-refractivity contribution is 0.0986. The number of hydrogen-bond acceptors (Lipinski definition) is 4. The molecule has 0 aromatic carbocycles. The zero-order valence-electron chi connectivity index (χ0n) is 9.76. The first-order valence-electron chi connectivity index (χ1n) is 5.94. The third kappa shape index (κ3) is 1.57. The minimum absolute atomic E-state index is 0.401. The standard InChI is InChI=1S/C12H17N3O/c1-8(2)9-4-13-12(14-5-9)15-6-11-3-10(15)7-16-11/h4-5,8,10-11H,3,6-7H2,1-2H3/t10-,11-/m1/s1. The van der Waals surface area contributed by atoms with E-state index in [0.717, 1.165) is 25.5 Å². The summed E-state index contributed by atoms with van der Waals surface area (Å²) in [5, 5.41) is 0. The number of ether oxygens (including phenoxy) is 1. The number of rotatable bonds is 2. The maximum Gasteiger partial charge on any atom is 0.225 e. The monoisotopic (exact) mass is 219 g/mol. The van der Waals surface area contributed by atoms with Crippen molar-refractivity contribution in [3.63, 3.8) is 0 Å². The molecular weight excluding hydrogens is 202 g/mol. The van der Waals surface area contributed by atoms with Crippen molar-refractivity contribution in [3.8, 4) is 0 Å². The normalized spacial score (nSPS) is 28.1. The molecule has 4 nitrogen and oxygen atoms in total. The Morgan fingerprint density at radius 1 is 1.38 bits per heavy atom. The van der Waals surface area contributed by atoms with Gasteiger partial charge in [0.2, 0.25) is 5.95 Å². The molecule has 2 aliphatic heterocycles. The molecule has 0 N–H and O–H groups in total. The van der Waals surface area contributed by atoms with Crippen LogP contribution in [0.4, 0.5) is 5.95 Å². The Bertz CT molecular complexity index is 376. The van der Waals surface area contributed by atoms with Gasteiger partial charge in [-0.2, -0.15) is 0 Å². The van der Waals surface area contributed by atoms with Crippen molar-refractivity contribution in [3.05, 3.63) is 18.0 Å². The van der Waals surface area contributed by atoms with Crippen LogP contribution in [0.2, 0.25) is 0 Å². The Morgan fingerprint density at radius 3 is 2.62 bits per heavy atom. The molecule has 0 radical (unpaired) electrons. The molecule has 0 saturated carbocycles. The van der Waals surface area contributed by atoms with Gasteiger partial charge in [-0.05, 0) is 17.9 Å². The lowest BCUT2D eigenvalue weighted by Crippen LogP contribution is -2.38. The number of nitrogens with zero attached hydrogens (tertiary/aromatic N) is 3. The summed E-state index contributed by atoms with van der Waals surface area (Å²) in [6.07, 6.45) is 5.42. The topological polar surface area (TPSA) is 38.2 Å². The van der Waals surface area contributed by atoms with Crippen molar-refractivity contribution in [2.75, 3.05) is 18.1 Å². The largest absolute Gasteiger partial charge is 0.374 e. The second-order valence-corrected chi connectivity index (χ2v) is 4.97. The van der Waals surface area contributed by atoms with E-state index in [2.05, 4.69) is 28.7 Å². The van der Waals surface area contributed by atoms with Crippen LogP contribution in [0.1, 0.15) is 31.7 Å². The van der Waals surface area contributed by atoms with Crippen molar-refractivity contribution in [2.24, 2.45) is 0 Å². The molecule has 2 saturated heterocycles. The number of anilines is 1. The van der Waals surface area contributed by atoms with E-state index >= 15 is 0 Å². The van der Waals surface area contributed by atoms with E-state index < -0.39 is 0 Å². The van der Waals surface area contributed by atoms with Gasteiger partial charge in [0.25, 0.3) is 0 Å². The number of fused-ring (bicyclic) bond motifs is 2. The zero-order chi connectivity index (χ0) is 11.1. The molecule has 1 aromatic heterocycles. The number of aromatic nitrogens is 2. The van der Waals surface area contributed by atoms with Crippen LogP contribution in [0.3, 0.4) is 0 Å². The maximum atomic E-state index is 5.57. The van der Waals surface area contributed by atoms with Gasteiger partial charge in [-0.25, -0.2) is 9.97 Å². The van der Waals surface area contributed by atoms with Crippen LogP contribution in [-0.2, 0) is 4.74 Å². The highest BCUT2D eigenvalue weighted by Gasteiger charge is 2.40. The molecule has 16 heavy (non-hydrogen) atoms. The second-order valence-electron chi connectivity index (χ2n) is 4.97. The molecule has 0 spiro atoms. The van der Waals surface area contributed by atoms with Gasteiger partial charge in [0.05, 0.1) is 18.8 Å². The van der Waals surface area contributed by atoms with Crippen molar-refractivity contribution in [1.29, 1.82) is 0 Å². The van der Waals surface area contributed by atoms with E-state index in [9.17, 15) is 0 Å². The summed E-state index contributed by atoms with van der Waals surface area (Å²) in [6, 6.07) is 0.495. The average molecular weight is 219 g/mol. The summed E-state index contributed by atoms with van der Waals surface area (Å²) in [5.74, 6) is 1.35. The SMILES string of the molecule is CC(C)c1cnc(N2C[C@H]3C[C@@H]2CO3)nc1. The highest BCUT2D eigenvalue weighted by molar-refractivity contribution is 5.36. The van der Waals surface area contributed by atoms with Gasteiger partial charge in [0.15, 0.2) is 0 Å². The Hall–Kier alpha value is -1.16. The van der Waals surface area contributed by atoms with Gasteiger partial charge in [0, 0.05) is 18.9 Å². The molecule has 1 aromatic rings. The fraction of sp³-hybridized carbons (Fsp3) is 0.667. The quantitative estimate of drug-likeness (QED) is 0.757. The summed E-state index contributed by atoms with van der Waals surface area (Å²) >= 11 is 0. The molecule has 0 aliphatic carbocycles. The van der Waals surface area contributed by atoms with Gasteiger partial charge in [0.1, 0.15) is 0 Å². The molecule has 3 heterocycles. The van der Waals surface area contributed by atoms with E-state index in [1.54, 1.807) is 0 Å². The molecular formula is C12H17N3O. The van der Waals surface area contributed by atoms with Crippen molar-refractivity contribution in [2.45, 2.75) is 38.3 Å². The van der Waals surface area contributed by atoms with Crippen LogP contribution < -0.4 is 4.90 Å². The summed E-state index contributed by atoms with van der Waals surface area (Å²) in [7, 11) is 0. The molecule has 2 aliphatic rings. The van der Waals surface area contributed by atoms with Crippen molar-refractivity contribution < 1.29 is 4.74 Å². The maximum absolute atomic E-state index is 5.57. The summed E-state index contributed by atoms with van der Waals surface area (Å²) in [5.41, 5.74) is 1.20. The summed E-state index contributed by atoms with van der Waals surface area (Å²) in [4.78, 5) is 11.2. The lowest BCUT2D eigenvalue weighted by atomic mass is 10.1. The third-order valence-electron chi connectivity index (χ3n) is 3.48. The Labute approximate surface area is 95.7 Å². The van der Waals surface area contributed by atoms with Gasteiger partial charge in [-0.1, -0.05) is 13.8 Å². The minimum atomic E-state index is 0.401. The first-order valence-corrected chi connectivity index (χ1v) is 5.94. The summed E-state index contributed by atoms with van der Waals surface area (Å²) < 4.78 is 5.57. The Morgan fingerprint density at radius 2 is 2.12 bits per heavy atom. The van der Waals surface area contributed by atoms with Gasteiger partial charge < -0.3 is 9.64 Å². The molecule has 4 heteroatoms. The van der Waals surface area contributed by atoms with Crippen LogP contribution in [-0.4, -0.2) is 35.3 Å². The van der Waals surface area contributed by atoms with E-state index in [-0.39, 0.29) is 0 Å². The minimum Gasteiger partial charge on any atom is -0.374 e. The number of morpholine rings is 1. The van der Waals surface area contributed by atoms with E-state index in [4.69, 9.17) is 4.74 Å². The molecule has 0 amide bonds. The molecule has 2 fully saturated rings. The first kappa shape index (κ1) is 10.0. The Kier molecular flexibility index (Phi) is 2.32. The van der Waals surface area contributed by atoms with E-state index in [1.165, 1.54) is 5.56 Å². The second kappa shape index (κ2) is 3.70. The van der Waals surface area contributed by atoms with Gasteiger partial charge in [-0.15, -0.1) is 0 Å². The molecule has 3 rings (SSSR count). The van der Waals surface area contributed by atoms with Crippen LogP contribution >= 0.6 is 0 Å². The highest BCUT2D eigenvalue weighted by atomic mass is 16.5. The average Bonchev–Trinajstić information content (AvgIpc) is 2.91. The third-order valence-corrected chi connectivity index (χ3v) is 3.48. The zero-order valence-corrected chi connectivity index (χ0v) is 9.76. The van der Waals surface area contributed by atoms with Gasteiger partial charge in [-0.3, -0.25) is 0 Å². The van der Waals surface area contributed by atoms with Crippen LogP contribution in [0.15, 0.2) is 12.4 Å². The van der Waals surface area contributed by atoms with Crippen molar-refractivity contribution in [1.82, 2.24) is 9.97 Å². The molecule has 2 bridgehead atoms. The molecule has 0 unspecified atom stereocenters. The highest BCUT2D eigenvalue weighted by Crippen LogP contribution is 2.30.